The molecule has 1 fully saturated rings. The molecule has 1 aliphatic heterocycles. The lowest BCUT2D eigenvalue weighted by Gasteiger charge is -2.41. The molecule has 206 valence electrons. The third-order valence-corrected chi connectivity index (χ3v) is 7.04. The van der Waals surface area contributed by atoms with Crippen molar-refractivity contribution in [2.75, 3.05) is 51.7 Å². The average molecular weight is 524 g/mol. The Morgan fingerprint density at radius 1 is 1.03 bits per heavy atom. The fraction of sp³-hybridized carbons (Fsp3) is 0.483. The maximum Gasteiger partial charge on any atom is 0.181 e. The monoisotopic (exact) mass is 523 g/mol. The number of benzene rings is 2. The summed E-state index contributed by atoms with van der Waals surface area (Å²) in [6.07, 6.45) is 0.589. The SMILES string of the molecule is COc1cc(NC(O)C(O)NC(C)(C)CN2CCN(CC(C)c3ccccc3)CC2)ccc1-c1cnco1. The quantitative estimate of drug-likeness (QED) is 0.266. The lowest BCUT2D eigenvalue weighted by Crippen LogP contribution is -2.59. The van der Waals surface area contributed by atoms with Crippen molar-refractivity contribution in [3.8, 4) is 17.1 Å². The second-order valence-corrected chi connectivity index (χ2v) is 10.7. The molecule has 4 rings (SSSR count). The van der Waals surface area contributed by atoms with Crippen LogP contribution in [0.1, 0.15) is 32.3 Å². The van der Waals surface area contributed by atoms with Gasteiger partial charge in [-0.25, -0.2) is 4.98 Å². The van der Waals surface area contributed by atoms with Gasteiger partial charge in [-0.2, -0.15) is 0 Å². The molecule has 1 aliphatic rings. The smallest absolute Gasteiger partial charge is 0.181 e. The molecule has 2 heterocycles. The van der Waals surface area contributed by atoms with Crippen LogP contribution >= 0.6 is 0 Å². The molecule has 4 N–H and O–H groups in total. The number of methoxy groups -OCH3 is 1. The van der Waals surface area contributed by atoms with Crippen LogP contribution in [-0.4, -0.2) is 89.4 Å². The van der Waals surface area contributed by atoms with Crippen molar-refractivity contribution in [2.45, 2.75) is 44.7 Å². The first-order valence-corrected chi connectivity index (χ1v) is 13.2. The van der Waals surface area contributed by atoms with E-state index in [0.29, 0.717) is 23.1 Å². The molecule has 3 unspecified atom stereocenters. The summed E-state index contributed by atoms with van der Waals surface area (Å²) in [6, 6.07) is 16.0. The molecule has 3 atom stereocenters. The molecule has 1 aromatic heterocycles. The van der Waals surface area contributed by atoms with Gasteiger partial charge in [0.25, 0.3) is 0 Å². The van der Waals surface area contributed by atoms with Crippen LogP contribution < -0.4 is 15.4 Å². The number of nitrogens with one attached hydrogen (secondary N) is 2. The van der Waals surface area contributed by atoms with E-state index in [1.54, 1.807) is 25.4 Å². The van der Waals surface area contributed by atoms with Crippen LogP contribution in [0.15, 0.2) is 65.5 Å². The minimum atomic E-state index is -1.22. The van der Waals surface area contributed by atoms with Gasteiger partial charge < -0.3 is 29.6 Å². The highest BCUT2D eigenvalue weighted by atomic mass is 16.5. The summed E-state index contributed by atoms with van der Waals surface area (Å²) in [4.78, 5) is 8.88. The van der Waals surface area contributed by atoms with Crippen molar-refractivity contribution < 1.29 is 19.4 Å². The number of anilines is 1. The minimum Gasteiger partial charge on any atom is -0.496 e. The van der Waals surface area contributed by atoms with E-state index >= 15 is 0 Å². The molecule has 9 heteroatoms. The number of hydrogen-bond donors (Lipinski definition) is 4. The predicted molar refractivity (Wildman–Crippen MR) is 149 cm³/mol. The second kappa shape index (κ2) is 12.7. The van der Waals surface area contributed by atoms with Crippen molar-refractivity contribution in [3.63, 3.8) is 0 Å². The van der Waals surface area contributed by atoms with E-state index in [1.165, 1.54) is 12.0 Å². The highest BCUT2D eigenvalue weighted by Gasteiger charge is 2.29. The average Bonchev–Trinajstić information content (AvgIpc) is 3.44. The summed E-state index contributed by atoms with van der Waals surface area (Å²) in [5, 5.41) is 27.5. The Morgan fingerprint density at radius 3 is 2.39 bits per heavy atom. The van der Waals surface area contributed by atoms with E-state index < -0.39 is 18.0 Å². The topological polar surface area (TPSA) is 106 Å². The molecular formula is C29H41N5O4. The zero-order valence-corrected chi connectivity index (χ0v) is 22.8. The van der Waals surface area contributed by atoms with Gasteiger partial charge in [-0.05, 0) is 37.5 Å². The van der Waals surface area contributed by atoms with Gasteiger partial charge in [-0.3, -0.25) is 10.2 Å². The number of piperazine rings is 1. The van der Waals surface area contributed by atoms with E-state index in [4.69, 9.17) is 9.15 Å². The molecule has 0 amide bonds. The molecule has 0 radical (unpaired) electrons. The van der Waals surface area contributed by atoms with Crippen LogP contribution in [0.25, 0.3) is 11.3 Å². The number of hydrogen-bond acceptors (Lipinski definition) is 9. The van der Waals surface area contributed by atoms with E-state index in [9.17, 15) is 10.2 Å². The number of oxazole rings is 1. The van der Waals surface area contributed by atoms with Gasteiger partial charge in [0.05, 0.1) is 18.9 Å². The van der Waals surface area contributed by atoms with Crippen molar-refractivity contribution in [1.29, 1.82) is 0 Å². The zero-order valence-electron chi connectivity index (χ0n) is 22.8. The normalized spacial score (nSPS) is 17.6. The number of rotatable bonds is 12. The zero-order chi connectivity index (χ0) is 27.1. The molecule has 0 aliphatic carbocycles. The standard InChI is InChI=1S/C29H41N5O4/c1-21(22-8-6-5-7-9-22)18-33-12-14-34(15-13-33)19-29(2,3)32-28(36)27(35)31-23-10-11-24(25(16-23)37-4)26-17-30-20-38-26/h5-11,16-17,20-21,27-28,31-32,35-36H,12-15,18-19H2,1-4H3. The van der Waals surface area contributed by atoms with Gasteiger partial charge in [0, 0.05) is 56.6 Å². The lowest BCUT2D eigenvalue weighted by atomic mass is 10.00. The summed E-state index contributed by atoms with van der Waals surface area (Å²) in [5.41, 5.74) is 2.33. The van der Waals surface area contributed by atoms with E-state index in [2.05, 4.69) is 62.7 Å². The maximum atomic E-state index is 10.7. The summed E-state index contributed by atoms with van der Waals surface area (Å²) in [7, 11) is 1.57. The molecule has 0 bridgehead atoms. The Kier molecular flexibility index (Phi) is 9.40. The Morgan fingerprint density at radius 2 is 1.74 bits per heavy atom. The Balaban J connectivity index is 1.24. The fourth-order valence-electron chi connectivity index (χ4n) is 5.07. The van der Waals surface area contributed by atoms with Crippen molar-refractivity contribution in [1.82, 2.24) is 20.1 Å². The number of nitrogens with zero attached hydrogens (tertiary/aromatic N) is 3. The second-order valence-electron chi connectivity index (χ2n) is 10.7. The Hall–Kier alpha value is -2.95. The number of aromatic nitrogens is 1. The number of aliphatic hydroxyl groups is 2. The summed E-state index contributed by atoms with van der Waals surface area (Å²) in [5.74, 6) is 1.66. The van der Waals surface area contributed by atoms with Gasteiger partial charge in [0.2, 0.25) is 0 Å². The molecule has 0 spiro atoms. The largest absolute Gasteiger partial charge is 0.496 e. The molecule has 1 saturated heterocycles. The van der Waals surface area contributed by atoms with Gasteiger partial charge >= 0.3 is 0 Å². The van der Waals surface area contributed by atoms with Crippen molar-refractivity contribution in [2.24, 2.45) is 0 Å². The molecule has 38 heavy (non-hydrogen) atoms. The first kappa shape index (κ1) is 28.1. The van der Waals surface area contributed by atoms with Crippen LogP contribution in [0.3, 0.4) is 0 Å². The third kappa shape index (κ3) is 7.55. The van der Waals surface area contributed by atoms with Gasteiger partial charge in [-0.15, -0.1) is 0 Å². The summed E-state index contributed by atoms with van der Waals surface area (Å²) < 4.78 is 10.8. The van der Waals surface area contributed by atoms with Gasteiger partial charge in [0.1, 0.15) is 12.0 Å². The minimum absolute atomic E-state index is 0.407. The lowest BCUT2D eigenvalue weighted by molar-refractivity contribution is -0.0110. The summed E-state index contributed by atoms with van der Waals surface area (Å²) in [6.45, 7) is 12.2. The van der Waals surface area contributed by atoms with E-state index in [-0.39, 0.29) is 0 Å². The first-order chi connectivity index (χ1) is 18.2. The van der Waals surface area contributed by atoms with Crippen LogP contribution in [0.2, 0.25) is 0 Å². The van der Waals surface area contributed by atoms with Crippen LogP contribution in [0.4, 0.5) is 5.69 Å². The number of aliphatic hydroxyl groups excluding tert-OH is 2. The molecule has 3 aromatic rings. The van der Waals surface area contributed by atoms with Crippen molar-refractivity contribution in [3.05, 3.63) is 66.7 Å². The third-order valence-electron chi connectivity index (χ3n) is 7.04. The highest BCUT2D eigenvalue weighted by Crippen LogP contribution is 2.32. The summed E-state index contributed by atoms with van der Waals surface area (Å²) >= 11 is 0. The van der Waals surface area contributed by atoms with Gasteiger partial charge in [-0.1, -0.05) is 37.3 Å². The van der Waals surface area contributed by atoms with Crippen LogP contribution in [0, 0.1) is 0 Å². The molecular weight excluding hydrogens is 482 g/mol. The van der Waals surface area contributed by atoms with Gasteiger partial charge in [0.15, 0.2) is 18.4 Å². The maximum absolute atomic E-state index is 10.7. The molecule has 0 saturated carbocycles. The Labute approximate surface area is 225 Å². The van der Waals surface area contributed by atoms with E-state index in [1.807, 2.05) is 19.9 Å². The van der Waals surface area contributed by atoms with Crippen molar-refractivity contribution >= 4 is 5.69 Å². The predicted octanol–water partition coefficient (Wildman–Crippen LogP) is 3.19. The van der Waals surface area contributed by atoms with E-state index in [0.717, 1.165) is 44.8 Å². The Bertz CT molecular complexity index is 1120. The fourth-order valence-corrected chi connectivity index (χ4v) is 5.07. The molecule has 2 aromatic carbocycles. The highest BCUT2D eigenvalue weighted by molar-refractivity contribution is 5.69. The van der Waals surface area contributed by atoms with Crippen LogP contribution in [0.5, 0.6) is 5.75 Å². The molecule has 9 nitrogen and oxygen atoms in total. The number of ether oxygens (including phenoxy) is 1. The first-order valence-electron chi connectivity index (χ1n) is 13.2. The van der Waals surface area contributed by atoms with Crippen LogP contribution in [-0.2, 0) is 0 Å².